The Morgan fingerprint density at radius 3 is 2.40 bits per heavy atom. The second kappa shape index (κ2) is 7.23. The standard InChI is InChI=1S/C20H25N3O2/c1-15-6-4-5-7-17(15)14-22-8-10-23(11-9-22)20(25)19-13-18(24)12-16(2)21(19)3/h4-7,12-13H,8-11,14H2,1-3H3. The van der Waals surface area contributed by atoms with Crippen molar-refractivity contribution in [2.75, 3.05) is 26.2 Å². The predicted octanol–water partition coefficient (Wildman–Crippen LogP) is 1.96. The van der Waals surface area contributed by atoms with Crippen LogP contribution in [0, 0.1) is 13.8 Å². The van der Waals surface area contributed by atoms with Gasteiger partial charge in [-0.3, -0.25) is 14.5 Å². The van der Waals surface area contributed by atoms with Gasteiger partial charge < -0.3 is 9.47 Å². The van der Waals surface area contributed by atoms with Gasteiger partial charge in [-0.25, -0.2) is 0 Å². The van der Waals surface area contributed by atoms with E-state index in [2.05, 4.69) is 36.1 Å². The number of rotatable bonds is 3. The molecule has 2 aromatic rings. The number of piperazine rings is 1. The van der Waals surface area contributed by atoms with E-state index in [4.69, 9.17) is 0 Å². The lowest BCUT2D eigenvalue weighted by Crippen LogP contribution is -2.49. The number of carbonyl (C=O) groups is 1. The van der Waals surface area contributed by atoms with E-state index >= 15 is 0 Å². The summed E-state index contributed by atoms with van der Waals surface area (Å²) in [6.45, 7) is 7.96. The van der Waals surface area contributed by atoms with Gasteiger partial charge in [-0.05, 0) is 25.0 Å². The van der Waals surface area contributed by atoms with Gasteiger partial charge in [0.25, 0.3) is 5.91 Å². The van der Waals surface area contributed by atoms with Crippen molar-refractivity contribution in [3.8, 4) is 0 Å². The number of nitrogens with zero attached hydrogens (tertiary/aromatic N) is 3. The molecule has 0 saturated carbocycles. The Morgan fingerprint density at radius 1 is 1.04 bits per heavy atom. The van der Waals surface area contributed by atoms with Crippen LogP contribution in [0.5, 0.6) is 0 Å². The molecular formula is C20H25N3O2. The summed E-state index contributed by atoms with van der Waals surface area (Å²) in [5.74, 6) is -0.0566. The zero-order chi connectivity index (χ0) is 18.0. The Bertz CT molecular complexity index is 833. The van der Waals surface area contributed by atoms with Gasteiger partial charge >= 0.3 is 0 Å². The van der Waals surface area contributed by atoms with Crippen LogP contribution < -0.4 is 5.43 Å². The minimum Gasteiger partial charge on any atom is -0.344 e. The van der Waals surface area contributed by atoms with Crippen molar-refractivity contribution in [3.63, 3.8) is 0 Å². The summed E-state index contributed by atoms with van der Waals surface area (Å²) >= 11 is 0. The summed E-state index contributed by atoms with van der Waals surface area (Å²) in [5, 5.41) is 0. The Hall–Kier alpha value is -2.40. The summed E-state index contributed by atoms with van der Waals surface area (Å²) in [5.41, 5.74) is 3.79. The first-order valence-corrected chi connectivity index (χ1v) is 8.69. The maximum absolute atomic E-state index is 12.8. The number of hydrogen-bond donors (Lipinski definition) is 0. The van der Waals surface area contributed by atoms with Crippen molar-refractivity contribution >= 4 is 5.91 Å². The van der Waals surface area contributed by atoms with E-state index in [0.717, 1.165) is 25.3 Å². The summed E-state index contributed by atoms with van der Waals surface area (Å²) in [4.78, 5) is 28.8. The first-order valence-electron chi connectivity index (χ1n) is 8.69. The lowest BCUT2D eigenvalue weighted by molar-refractivity contribution is 0.0617. The molecule has 5 nitrogen and oxygen atoms in total. The van der Waals surface area contributed by atoms with Crippen LogP contribution in [0.3, 0.4) is 0 Å². The van der Waals surface area contributed by atoms with Crippen LogP contribution >= 0.6 is 0 Å². The van der Waals surface area contributed by atoms with Crippen LogP contribution in [0.15, 0.2) is 41.2 Å². The van der Waals surface area contributed by atoms with Crippen LogP contribution in [-0.2, 0) is 13.6 Å². The van der Waals surface area contributed by atoms with Gasteiger partial charge in [0.1, 0.15) is 5.69 Å². The van der Waals surface area contributed by atoms with E-state index in [1.54, 1.807) is 10.6 Å². The number of amides is 1. The first kappa shape index (κ1) is 17.4. The zero-order valence-electron chi connectivity index (χ0n) is 15.2. The van der Waals surface area contributed by atoms with Gasteiger partial charge in [0, 0.05) is 57.6 Å². The quantitative estimate of drug-likeness (QED) is 0.859. The molecule has 5 heteroatoms. The third kappa shape index (κ3) is 3.82. The monoisotopic (exact) mass is 339 g/mol. The highest BCUT2D eigenvalue weighted by Gasteiger charge is 2.24. The molecule has 132 valence electrons. The van der Waals surface area contributed by atoms with Crippen LogP contribution in [-0.4, -0.2) is 46.5 Å². The van der Waals surface area contributed by atoms with Crippen LogP contribution in [0.1, 0.15) is 27.3 Å². The fourth-order valence-corrected chi connectivity index (χ4v) is 3.27. The number of pyridine rings is 1. The lowest BCUT2D eigenvalue weighted by atomic mass is 10.1. The van der Waals surface area contributed by atoms with Crippen molar-refractivity contribution in [1.82, 2.24) is 14.4 Å². The van der Waals surface area contributed by atoms with Gasteiger partial charge in [0.05, 0.1) is 0 Å². The van der Waals surface area contributed by atoms with Crippen LogP contribution in [0.25, 0.3) is 0 Å². The largest absolute Gasteiger partial charge is 0.344 e. The normalized spacial score (nSPS) is 15.4. The average Bonchev–Trinajstić information content (AvgIpc) is 2.60. The molecule has 0 atom stereocenters. The molecule has 0 unspecified atom stereocenters. The van der Waals surface area contributed by atoms with E-state index in [-0.39, 0.29) is 11.3 Å². The minimum atomic E-state index is -0.114. The van der Waals surface area contributed by atoms with E-state index in [1.165, 1.54) is 17.2 Å². The van der Waals surface area contributed by atoms with E-state index < -0.39 is 0 Å². The fourth-order valence-electron chi connectivity index (χ4n) is 3.27. The fraction of sp³-hybridized carbons (Fsp3) is 0.400. The number of carbonyl (C=O) groups excluding carboxylic acids is 1. The molecule has 0 bridgehead atoms. The average molecular weight is 339 g/mol. The maximum Gasteiger partial charge on any atom is 0.270 e. The molecule has 2 heterocycles. The summed E-state index contributed by atoms with van der Waals surface area (Å²) in [7, 11) is 1.83. The molecule has 0 N–H and O–H groups in total. The van der Waals surface area contributed by atoms with Crippen molar-refractivity contribution < 1.29 is 4.79 Å². The second-order valence-corrected chi connectivity index (χ2v) is 6.77. The van der Waals surface area contributed by atoms with Gasteiger partial charge in [0.15, 0.2) is 5.43 Å². The Labute approximate surface area is 148 Å². The highest BCUT2D eigenvalue weighted by Crippen LogP contribution is 2.14. The van der Waals surface area contributed by atoms with Gasteiger partial charge in [-0.15, -0.1) is 0 Å². The molecule has 1 aliphatic heterocycles. The molecule has 0 spiro atoms. The van der Waals surface area contributed by atoms with E-state index in [1.807, 2.05) is 18.9 Å². The van der Waals surface area contributed by atoms with Crippen molar-refractivity contribution in [2.24, 2.45) is 7.05 Å². The Morgan fingerprint density at radius 2 is 1.72 bits per heavy atom. The maximum atomic E-state index is 12.8. The highest BCUT2D eigenvalue weighted by atomic mass is 16.2. The predicted molar refractivity (Wildman–Crippen MR) is 98.8 cm³/mol. The van der Waals surface area contributed by atoms with Gasteiger partial charge in [0.2, 0.25) is 0 Å². The number of aromatic nitrogens is 1. The lowest BCUT2D eigenvalue weighted by Gasteiger charge is -2.35. The molecule has 25 heavy (non-hydrogen) atoms. The summed E-state index contributed by atoms with van der Waals surface area (Å²) < 4.78 is 1.80. The first-order chi connectivity index (χ1) is 12.0. The molecule has 0 radical (unpaired) electrons. The molecule has 1 saturated heterocycles. The third-order valence-electron chi connectivity index (χ3n) is 5.05. The number of benzene rings is 1. The second-order valence-electron chi connectivity index (χ2n) is 6.77. The Balaban J connectivity index is 1.65. The smallest absolute Gasteiger partial charge is 0.270 e. The van der Waals surface area contributed by atoms with E-state index in [9.17, 15) is 9.59 Å². The van der Waals surface area contributed by atoms with Crippen molar-refractivity contribution in [3.05, 3.63) is 69.1 Å². The SMILES string of the molecule is Cc1ccccc1CN1CCN(C(=O)c2cc(=O)cc(C)n2C)CC1. The molecule has 1 aromatic carbocycles. The van der Waals surface area contributed by atoms with Crippen molar-refractivity contribution in [1.29, 1.82) is 0 Å². The number of aryl methyl sites for hydroxylation is 2. The van der Waals surface area contributed by atoms with Gasteiger partial charge in [-0.2, -0.15) is 0 Å². The molecule has 1 aromatic heterocycles. The van der Waals surface area contributed by atoms with Crippen molar-refractivity contribution in [2.45, 2.75) is 20.4 Å². The van der Waals surface area contributed by atoms with Crippen LogP contribution in [0.4, 0.5) is 0 Å². The summed E-state index contributed by atoms with van der Waals surface area (Å²) in [6.07, 6.45) is 0. The van der Waals surface area contributed by atoms with Gasteiger partial charge in [-0.1, -0.05) is 24.3 Å². The molecule has 1 fully saturated rings. The third-order valence-corrected chi connectivity index (χ3v) is 5.05. The summed E-state index contributed by atoms with van der Waals surface area (Å²) in [6, 6.07) is 11.4. The van der Waals surface area contributed by atoms with Crippen LogP contribution in [0.2, 0.25) is 0 Å². The zero-order valence-corrected chi connectivity index (χ0v) is 15.2. The highest BCUT2D eigenvalue weighted by molar-refractivity contribution is 5.92. The molecule has 1 amide bonds. The molecule has 3 rings (SSSR count). The van der Waals surface area contributed by atoms with E-state index in [0.29, 0.717) is 18.8 Å². The topological polar surface area (TPSA) is 45.6 Å². The molecule has 1 aliphatic rings. The molecular weight excluding hydrogens is 314 g/mol. The number of hydrogen-bond acceptors (Lipinski definition) is 3. The molecule has 0 aliphatic carbocycles. The minimum absolute atomic E-state index is 0.0566. The Kier molecular flexibility index (Phi) is 5.04.